The van der Waals surface area contributed by atoms with Gasteiger partial charge in [-0.2, -0.15) is 8.78 Å². The average molecular weight is 496 g/mol. The number of aromatic nitrogens is 2. The topological polar surface area (TPSA) is 73.4 Å². The van der Waals surface area contributed by atoms with Gasteiger partial charge in [-0.3, -0.25) is 9.66 Å². The molecular formula is C16H17Cl3F3N2O4P. The summed E-state index contributed by atoms with van der Waals surface area (Å²) in [6, 6.07) is 2.29. The molecule has 0 spiro atoms. The fourth-order valence-electron chi connectivity index (χ4n) is 2.45. The quantitative estimate of drug-likeness (QED) is 0.301. The van der Waals surface area contributed by atoms with Crippen LogP contribution in [0.1, 0.15) is 19.4 Å². The Labute approximate surface area is 180 Å². The van der Waals surface area contributed by atoms with Crippen LogP contribution in [0, 0.1) is 5.82 Å². The van der Waals surface area contributed by atoms with Gasteiger partial charge in [-0.15, -0.1) is 16.7 Å². The van der Waals surface area contributed by atoms with Gasteiger partial charge in [-0.25, -0.2) is 4.39 Å². The number of nitrogens with one attached hydrogen (secondary N) is 1. The molecule has 162 valence electrons. The van der Waals surface area contributed by atoms with Crippen LogP contribution in [-0.2, 0) is 20.0 Å². The molecular weight excluding hydrogens is 479 g/mol. The fourth-order valence-corrected chi connectivity index (χ4v) is 4.95. The highest BCUT2D eigenvalue weighted by molar-refractivity contribution is 7.56. The summed E-state index contributed by atoms with van der Waals surface area (Å²) in [4.78, 5) is 0. The second-order valence-corrected chi connectivity index (χ2v) is 9.37. The summed E-state index contributed by atoms with van der Waals surface area (Å²) in [6.45, 7) is 0.339. The van der Waals surface area contributed by atoms with Crippen LogP contribution in [0.15, 0.2) is 12.1 Å². The van der Waals surface area contributed by atoms with Gasteiger partial charge < -0.3 is 13.8 Å². The van der Waals surface area contributed by atoms with E-state index in [-0.39, 0.29) is 40.9 Å². The van der Waals surface area contributed by atoms with Crippen molar-refractivity contribution in [2.75, 3.05) is 13.2 Å². The van der Waals surface area contributed by atoms with Gasteiger partial charge in [0, 0.05) is 17.0 Å². The number of halogens is 6. The molecule has 0 aliphatic rings. The first-order valence-corrected chi connectivity index (χ1v) is 11.1. The first kappa shape index (κ1) is 24.3. The maximum atomic E-state index is 14.5. The lowest BCUT2D eigenvalue weighted by molar-refractivity contribution is -0.0528. The average Bonchev–Trinajstić information content (AvgIpc) is 2.97. The van der Waals surface area contributed by atoms with Gasteiger partial charge in [-0.1, -0.05) is 23.2 Å². The smallest absolute Gasteiger partial charge is 0.388 e. The summed E-state index contributed by atoms with van der Waals surface area (Å²) in [7, 11) is -3.65. The van der Waals surface area contributed by atoms with Crippen LogP contribution in [0.2, 0.25) is 10.0 Å². The molecule has 13 heteroatoms. The van der Waals surface area contributed by atoms with E-state index < -0.39 is 31.0 Å². The molecule has 29 heavy (non-hydrogen) atoms. The van der Waals surface area contributed by atoms with E-state index in [1.807, 2.05) is 0 Å². The molecule has 2 aromatic rings. The zero-order valence-electron chi connectivity index (χ0n) is 15.2. The minimum absolute atomic E-state index is 0.0103. The summed E-state index contributed by atoms with van der Waals surface area (Å²) in [6.07, 6.45) is -0.0862. The number of alkyl halides is 3. The second kappa shape index (κ2) is 10.4. The van der Waals surface area contributed by atoms with Gasteiger partial charge in [0.1, 0.15) is 16.0 Å². The Hall–Kier alpha value is -0.960. The van der Waals surface area contributed by atoms with Gasteiger partial charge in [0.25, 0.3) is 5.88 Å². The third kappa shape index (κ3) is 5.81. The number of rotatable bonds is 10. The van der Waals surface area contributed by atoms with E-state index >= 15 is 0 Å². The summed E-state index contributed by atoms with van der Waals surface area (Å²) >= 11 is 18.3. The van der Waals surface area contributed by atoms with Crippen LogP contribution in [0.4, 0.5) is 13.2 Å². The highest BCUT2D eigenvalue weighted by Gasteiger charge is 2.35. The summed E-state index contributed by atoms with van der Waals surface area (Å²) < 4.78 is 66.6. The van der Waals surface area contributed by atoms with E-state index in [0.29, 0.717) is 5.56 Å². The minimum atomic E-state index is -3.65. The van der Waals surface area contributed by atoms with Crippen LogP contribution in [0.3, 0.4) is 0 Å². The third-order valence-electron chi connectivity index (χ3n) is 3.63. The van der Waals surface area contributed by atoms with E-state index in [1.165, 1.54) is 6.07 Å². The molecule has 2 rings (SSSR count). The van der Waals surface area contributed by atoms with Crippen molar-refractivity contribution in [3.63, 3.8) is 0 Å². The van der Waals surface area contributed by atoms with E-state index in [0.717, 1.165) is 6.07 Å². The van der Waals surface area contributed by atoms with E-state index in [2.05, 4.69) is 14.9 Å². The number of aromatic amines is 1. The minimum Gasteiger partial charge on any atom is -0.414 e. The molecule has 0 saturated carbocycles. The number of ether oxygens (including phenoxy) is 1. The Morgan fingerprint density at radius 1 is 1.21 bits per heavy atom. The molecule has 0 fully saturated rings. The maximum Gasteiger partial charge on any atom is 0.388 e. The highest BCUT2D eigenvalue weighted by atomic mass is 35.5. The molecule has 1 N–H and O–H groups in total. The standard InChI is InChI=1S/C16H17Cl3F3N2O4P/c1-3-26-29(25,27-4-2)12(18)6-8-5-9(11(20)7-10(8)17)14-13(19)15(24-23-14)28-16(21)22/h5,7,12,16H,3-4,6H2,1-2H3,(H,23,24). The molecule has 0 saturated heterocycles. The Morgan fingerprint density at radius 2 is 1.83 bits per heavy atom. The van der Waals surface area contributed by atoms with Gasteiger partial charge in [-0.05, 0) is 31.5 Å². The molecule has 0 amide bonds. The van der Waals surface area contributed by atoms with Crippen molar-refractivity contribution >= 4 is 42.4 Å². The van der Waals surface area contributed by atoms with E-state index in [1.54, 1.807) is 13.8 Å². The molecule has 0 radical (unpaired) electrons. The van der Waals surface area contributed by atoms with Crippen molar-refractivity contribution < 1.29 is 31.5 Å². The lowest BCUT2D eigenvalue weighted by Crippen LogP contribution is -2.11. The number of hydrogen-bond acceptors (Lipinski definition) is 5. The lowest BCUT2D eigenvalue weighted by Gasteiger charge is -2.22. The van der Waals surface area contributed by atoms with E-state index in [9.17, 15) is 17.7 Å². The Kier molecular flexibility index (Phi) is 8.70. The normalized spacial score (nSPS) is 13.1. The van der Waals surface area contributed by atoms with Crippen LogP contribution < -0.4 is 4.74 Å². The number of hydrogen-bond donors (Lipinski definition) is 1. The van der Waals surface area contributed by atoms with Crippen molar-refractivity contribution in [3.8, 4) is 17.1 Å². The van der Waals surface area contributed by atoms with Crippen LogP contribution in [-0.4, -0.2) is 35.1 Å². The molecule has 1 unspecified atom stereocenters. The van der Waals surface area contributed by atoms with Gasteiger partial charge in [0.05, 0.1) is 18.9 Å². The molecule has 0 bridgehead atoms. The number of benzene rings is 1. The fraction of sp³-hybridized carbons (Fsp3) is 0.438. The van der Waals surface area contributed by atoms with Crippen LogP contribution in [0.5, 0.6) is 5.88 Å². The van der Waals surface area contributed by atoms with Crippen LogP contribution >= 0.6 is 42.4 Å². The highest BCUT2D eigenvalue weighted by Crippen LogP contribution is 2.56. The molecule has 0 aliphatic heterocycles. The zero-order chi connectivity index (χ0) is 21.8. The third-order valence-corrected chi connectivity index (χ3v) is 7.31. The molecule has 1 aromatic heterocycles. The molecule has 1 aromatic carbocycles. The van der Waals surface area contributed by atoms with Gasteiger partial charge >= 0.3 is 14.2 Å². The predicted octanol–water partition coefficient (Wildman–Crippen LogP) is 6.50. The molecule has 6 nitrogen and oxygen atoms in total. The monoisotopic (exact) mass is 494 g/mol. The Bertz CT molecular complexity index is 891. The van der Waals surface area contributed by atoms with Crippen molar-refractivity contribution in [1.82, 2.24) is 10.2 Å². The van der Waals surface area contributed by atoms with E-state index in [4.69, 9.17) is 43.9 Å². The largest absolute Gasteiger partial charge is 0.414 e. The van der Waals surface area contributed by atoms with Gasteiger partial charge in [0.15, 0.2) is 0 Å². The first-order chi connectivity index (χ1) is 13.6. The van der Waals surface area contributed by atoms with Crippen LogP contribution in [0.25, 0.3) is 11.3 Å². The van der Waals surface area contributed by atoms with Crippen molar-refractivity contribution in [2.45, 2.75) is 32.0 Å². The van der Waals surface area contributed by atoms with Crippen molar-refractivity contribution in [2.24, 2.45) is 0 Å². The Morgan fingerprint density at radius 3 is 2.38 bits per heavy atom. The Balaban J connectivity index is 2.39. The summed E-state index contributed by atoms with van der Waals surface area (Å²) in [5.74, 6) is -1.38. The molecule has 0 aliphatic carbocycles. The summed E-state index contributed by atoms with van der Waals surface area (Å²) in [5.41, 5.74) is 0.101. The predicted molar refractivity (Wildman–Crippen MR) is 105 cm³/mol. The first-order valence-electron chi connectivity index (χ1n) is 8.32. The molecule has 1 atom stereocenters. The summed E-state index contributed by atoms with van der Waals surface area (Å²) in [5, 5.41) is 4.42. The van der Waals surface area contributed by atoms with Crippen molar-refractivity contribution in [1.29, 1.82) is 0 Å². The zero-order valence-corrected chi connectivity index (χ0v) is 18.4. The van der Waals surface area contributed by atoms with Crippen molar-refractivity contribution in [3.05, 3.63) is 33.6 Å². The lowest BCUT2D eigenvalue weighted by atomic mass is 10.1. The maximum absolute atomic E-state index is 14.5. The SMILES string of the molecule is CCOP(=O)(OCC)C(Cl)Cc1cc(-c2[nH]nc(OC(F)F)c2Cl)c(F)cc1Cl. The number of nitrogens with zero attached hydrogens (tertiary/aromatic N) is 1. The molecule has 1 heterocycles. The number of H-pyrrole nitrogens is 1. The van der Waals surface area contributed by atoms with Gasteiger partial charge in [0.2, 0.25) is 0 Å². The second-order valence-electron chi connectivity index (χ2n) is 5.53.